The fraction of sp³-hybridized carbons (Fsp3) is 0.188. The van der Waals surface area contributed by atoms with E-state index in [1.54, 1.807) is 11.3 Å². The topological polar surface area (TPSA) is 56.9 Å². The Morgan fingerprint density at radius 3 is 2.90 bits per heavy atom. The van der Waals surface area contributed by atoms with Gasteiger partial charge in [-0.25, -0.2) is 4.79 Å². The number of amides is 2. The number of para-hydroxylation sites is 1. The van der Waals surface area contributed by atoms with Crippen LogP contribution in [-0.2, 0) is 13.0 Å². The maximum atomic E-state index is 11.7. The molecule has 21 heavy (non-hydrogen) atoms. The highest BCUT2D eigenvalue weighted by atomic mass is 32.1. The molecule has 3 N–H and O–H groups in total. The van der Waals surface area contributed by atoms with Gasteiger partial charge in [0.05, 0.1) is 6.54 Å². The minimum atomic E-state index is -0.122. The number of hydrogen-bond acceptors (Lipinski definition) is 2. The second-order valence-electron chi connectivity index (χ2n) is 4.80. The van der Waals surface area contributed by atoms with Crippen LogP contribution in [0.2, 0.25) is 0 Å². The molecule has 5 heteroatoms. The highest BCUT2D eigenvalue weighted by Crippen LogP contribution is 2.17. The summed E-state index contributed by atoms with van der Waals surface area (Å²) in [5.41, 5.74) is 2.36. The van der Waals surface area contributed by atoms with Crippen molar-refractivity contribution in [3.05, 3.63) is 58.4 Å². The molecule has 2 amide bonds. The van der Waals surface area contributed by atoms with Crippen molar-refractivity contribution in [2.24, 2.45) is 0 Å². The number of fused-ring (bicyclic) bond motifs is 1. The van der Waals surface area contributed by atoms with Crippen LogP contribution in [0.1, 0.15) is 10.4 Å². The van der Waals surface area contributed by atoms with Crippen LogP contribution in [0, 0.1) is 0 Å². The van der Waals surface area contributed by atoms with E-state index in [2.05, 4.69) is 27.8 Å². The number of benzene rings is 1. The van der Waals surface area contributed by atoms with Crippen molar-refractivity contribution >= 4 is 28.3 Å². The van der Waals surface area contributed by atoms with Crippen LogP contribution >= 0.6 is 11.3 Å². The molecule has 0 saturated heterocycles. The van der Waals surface area contributed by atoms with Crippen LogP contribution < -0.4 is 10.6 Å². The molecule has 0 spiro atoms. The third-order valence-electron chi connectivity index (χ3n) is 3.36. The molecule has 108 valence electrons. The monoisotopic (exact) mass is 299 g/mol. The quantitative estimate of drug-likeness (QED) is 0.665. The predicted octanol–water partition coefficient (Wildman–Crippen LogP) is 3.27. The number of aromatic amines is 1. The third kappa shape index (κ3) is 3.44. The Kier molecular flexibility index (Phi) is 4.21. The molecule has 3 aromatic rings. The van der Waals surface area contributed by atoms with Gasteiger partial charge in [0, 0.05) is 28.5 Å². The zero-order chi connectivity index (χ0) is 14.5. The van der Waals surface area contributed by atoms with Gasteiger partial charge in [0.1, 0.15) is 0 Å². The molecular weight excluding hydrogens is 282 g/mol. The third-order valence-corrected chi connectivity index (χ3v) is 4.23. The second kappa shape index (κ2) is 6.45. The summed E-state index contributed by atoms with van der Waals surface area (Å²) in [6.45, 7) is 1.20. The zero-order valence-corrected chi connectivity index (χ0v) is 12.4. The highest BCUT2D eigenvalue weighted by Gasteiger charge is 2.04. The van der Waals surface area contributed by atoms with Crippen molar-refractivity contribution < 1.29 is 4.79 Å². The number of urea groups is 1. The van der Waals surface area contributed by atoms with Crippen molar-refractivity contribution in [1.29, 1.82) is 0 Å². The number of carbonyl (C=O) groups is 1. The number of thiophene rings is 1. The number of nitrogens with one attached hydrogen (secondary N) is 3. The van der Waals surface area contributed by atoms with Gasteiger partial charge in [0.25, 0.3) is 0 Å². The van der Waals surface area contributed by atoms with E-state index in [9.17, 15) is 4.79 Å². The first kappa shape index (κ1) is 13.7. The van der Waals surface area contributed by atoms with Gasteiger partial charge in [-0.1, -0.05) is 24.3 Å². The van der Waals surface area contributed by atoms with E-state index in [1.165, 1.54) is 10.9 Å². The van der Waals surface area contributed by atoms with E-state index in [-0.39, 0.29) is 6.03 Å². The van der Waals surface area contributed by atoms with Crippen LogP contribution in [0.4, 0.5) is 4.79 Å². The van der Waals surface area contributed by atoms with Crippen LogP contribution in [0.5, 0.6) is 0 Å². The van der Waals surface area contributed by atoms with Gasteiger partial charge in [-0.3, -0.25) is 0 Å². The fourth-order valence-electron chi connectivity index (χ4n) is 2.29. The zero-order valence-electron chi connectivity index (χ0n) is 11.6. The molecular formula is C16H17N3OS. The molecule has 4 nitrogen and oxygen atoms in total. The summed E-state index contributed by atoms with van der Waals surface area (Å²) in [5, 5.41) is 8.97. The normalized spacial score (nSPS) is 10.7. The first-order chi connectivity index (χ1) is 10.3. The Hall–Kier alpha value is -2.27. The molecule has 0 atom stereocenters. The summed E-state index contributed by atoms with van der Waals surface area (Å²) in [5.74, 6) is 0. The van der Waals surface area contributed by atoms with E-state index in [4.69, 9.17) is 0 Å². The number of hydrogen-bond donors (Lipinski definition) is 3. The number of carbonyl (C=O) groups excluding carboxylic acids is 1. The molecule has 1 aromatic carbocycles. The van der Waals surface area contributed by atoms with Gasteiger partial charge in [0.2, 0.25) is 0 Å². The van der Waals surface area contributed by atoms with Gasteiger partial charge >= 0.3 is 6.03 Å². The lowest BCUT2D eigenvalue weighted by atomic mass is 10.1. The molecule has 2 aromatic heterocycles. The van der Waals surface area contributed by atoms with Gasteiger partial charge in [0.15, 0.2) is 0 Å². The lowest BCUT2D eigenvalue weighted by molar-refractivity contribution is 0.240. The lowest BCUT2D eigenvalue weighted by Gasteiger charge is -2.06. The highest BCUT2D eigenvalue weighted by molar-refractivity contribution is 7.09. The van der Waals surface area contributed by atoms with E-state index in [0.717, 1.165) is 16.8 Å². The lowest BCUT2D eigenvalue weighted by Crippen LogP contribution is -2.35. The van der Waals surface area contributed by atoms with Gasteiger partial charge < -0.3 is 15.6 Å². The Morgan fingerprint density at radius 2 is 2.05 bits per heavy atom. The second-order valence-corrected chi connectivity index (χ2v) is 5.83. The molecule has 0 saturated carbocycles. The van der Waals surface area contributed by atoms with Crippen molar-refractivity contribution in [3.8, 4) is 0 Å². The SMILES string of the molecule is O=C(NCCc1c[nH]c2ccccc12)NCc1cccs1. The first-order valence-corrected chi connectivity index (χ1v) is 7.80. The minimum absolute atomic E-state index is 0.122. The minimum Gasteiger partial charge on any atom is -0.361 e. The molecule has 0 bridgehead atoms. The molecule has 0 aliphatic rings. The first-order valence-electron chi connectivity index (χ1n) is 6.92. The van der Waals surface area contributed by atoms with E-state index in [1.807, 2.05) is 35.8 Å². The molecule has 0 unspecified atom stereocenters. The standard InChI is InChI=1S/C16H17N3OS/c20-16(19-11-13-4-3-9-21-13)17-8-7-12-10-18-15-6-2-1-5-14(12)15/h1-6,9-10,18H,7-8,11H2,(H2,17,19,20). The van der Waals surface area contributed by atoms with Crippen LogP contribution in [0.3, 0.4) is 0 Å². The summed E-state index contributed by atoms with van der Waals surface area (Å²) >= 11 is 1.64. The van der Waals surface area contributed by atoms with E-state index in [0.29, 0.717) is 13.1 Å². The molecule has 0 fully saturated rings. The Bertz CT molecular complexity index is 718. The van der Waals surface area contributed by atoms with Crippen molar-refractivity contribution in [2.75, 3.05) is 6.54 Å². The Morgan fingerprint density at radius 1 is 1.14 bits per heavy atom. The van der Waals surface area contributed by atoms with Crippen molar-refractivity contribution in [3.63, 3.8) is 0 Å². The summed E-state index contributed by atoms with van der Waals surface area (Å²) < 4.78 is 0. The van der Waals surface area contributed by atoms with E-state index >= 15 is 0 Å². The summed E-state index contributed by atoms with van der Waals surface area (Å²) in [4.78, 5) is 16.1. The van der Waals surface area contributed by atoms with Crippen molar-refractivity contribution in [1.82, 2.24) is 15.6 Å². The summed E-state index contributed by atoms with van der Waals surface area (Å²) in [6, 6.07) is 12.1. The maximum Gasteiger partial charge on any atom is 0.315 e. The number of rotatable bonds is 5. The average Bonchev–Trinajstić information content (AvgIpc) is 3.15. The van der Waals surface area contributed by atoms with E-state index < -0.39 is 0 Å². The fourth-order valence-corrected chi connectivity index (χ4v) is 2.94. The van der Waals surface area contributed by atoms with Crippen LogP contribution in [0.25, 0.3) is 10.9 Å². The Labute approximate surface area is 127 Å². The average molecular weight is 299 g/mol. The van der Waals surface area contributed by atoms with Gasteiger partial charge in [-0.2, -0.15) is 0 Å². The number of H-pyrrole nitrogens is 1. The van der Waals surface area contributed by atoms with Crippen molar-refractivity contribution in [2.45, 2.75) is 13.0 Å². The predicted molar refractivity (Wildman–Crippen MR) is 86.6 cm³/mol. The summed E-state index contributed by atoms with van der Waals surface area (Å²) in [7, 11) is 0. The van der Waals surface area contributed by atoms with Crippen LogP contribution in [0.15, 0.2) is 48.0 Å². The van der Waals surface area contributed by atoms with Gasteiger partial charge in [-0.15, -0.1) is 11.3 Å². The smallest absolute Gasteiger partial charge is 0.315 e. The molecule has 2 heterocycles. The number of aromatic nitrogens is 1. The van der Waals surface area contributed by atoms with Crippen LogP contribution in [-0.4, -0.2) is 17.6 Å². The largest absolute Gasteiger partial charge is 0.361 e. The van der Waals surface area contributed by atoms with Gasteiger partial charge in [-0.05, 0) is 29.5 Å². The summed E-state index contributed by atoms with van der Waals surface area (Å²) in [6.07, 6.45) is 2.83. The molecule has 0 radical (unpaired) electrons. The molecule has 3 rings (SSSR count). The molecule has 0 aliphatic carbocycles. The molecule has 0 aliphatic heterocycles. The maximum absolute atomic E-state index is 11.7. The Balaban J connectivity index is 1.46.